The molecule has 1 aromatic rings. The Balaban J connectivity index is 1.43. The molecule has 0 radical (unpaired) electrons. The number of fused-ring (bicyclic) bond motifs is 1. The second-order valence-electron chi connectivity index (χ2n) is 5.71. The number of nitrogens with one attached hydrogen (secondary N) is 1. The summed E-state index contributed by atoms with van der Waals surface area (Å²) in [6, 6.07) is 5.71. The maximum absolute atomic E-state index is 6.16. The summed E-state index contributed by atoms with van der Waals surface area (Å²) in [5.41, 5.74) is 1.13. The maximum Gasteiger partial charge on any atom is 0.0465 e. The fraction of sp³-hybridized carbons (Fsp3) is 0.600. The van der Waals surface area contributed by atoms with E-state index in [0.717, 1.165) is 41.4 Å². The molecule has 1 heterocycles. The van der Waals surface area contributed by atoms with Gasteiger partial charge in [-0.15, -0.1) is 0 Å². The molecule has 2 nitrogen and oxygen atoms in total. The molecule has 0 aromatic heterocycles. The second-order valence-corrected chi connectivity index (χ2v) is 6.55. The molecule has 0 bridgehead atoms. The zero-order chi connectivity index (χ0) is 13.4. The highest BCUT2D eigenvalue weighted by atomic mass is 35.5. The molecular weight excluding hydrogens is 279 g/mol. The zero-order valence-electron chi connectivity index (χ0n) is 11.2. The summed E-state index contributed by atoms with van der Waals surface area (Å²) in [6.45, 7) is 8.01. The van der Waals surface area contributed by atoms with Gasteiger partial charge >= 0.3 is 0 Å². The summed E-state index contributed by atoms with van der Waals surface area (Å²) in [7, 11) is 0. The van der Waals surface area contributed by atoms with Crippen molar-refractivity contribution in [2.24, 2.45) is 17.8 Å². The highest BCUT2D eigenvalue weighted by Gasteiger charge is 2.54. The fourth-order valence-corrected chi connectivity index (χ4v) is 3.81. The average Bonchev–Trinajstić information content (AvgIpc) is 2.85. The van der Waals surface area contributed by atoms with Gasteiger partial charge in [-0.25, -0.2) is 0 Å². The molecule has 1 N–H and O–H groups in total. The summed E-state index contributed by atoms with van der Waals surface area (Å²) < 4.78 is 0. The third kappa shape index (κ3) is 2.92. The van der Waals surface area contributed by atoms with Gasteiger partial charge in [-0.2, -0.15) is 0 Å². The largest absolute Gasteiger partial charge is 0.312 e. The first-order chi connectivity index (χ1) is 9.19. The Morgan fingerprint density at radius 3 is 2.63 bits per heavy atom. The van der Waals surface area contributed by atoms with Crippen LogP contribution in [0.5, 0.6) is 0 Å². The molecule has 2 atom stereocenters. The smallest absolute Gasteiger partial charge is 0.0465 e. The molecule has 19 heavy (non-hydrogen) atoms. The van der Waals surface area contributed by atoms with Crippen LogP contribution in [0.25, 0.3) is 0 Å². The van der Waals surface area contributed by atoms with Gasteiger partial charge in [0.1, 0.15) is 0 Å². The standard InChI is InChI=1S/C15H20Cl2N2/c1-2-19-8-13-12(14(13)9-19)7-18-6-10-3-4-11(16)5-15(10)17/h3-5,12-14,18H,2,6-9H2,1H3. The molecule has 1 aromatic carbocycles. The van der Waals surface area contributed by atoms with E-state index in [-0.39, 0.29) is 0 Å². The van der Waals surface area contributed by atoms with Gasteiger partial charge in [0.05, 0.1) is 0 Å². The van der Waals surface area contributed by atoms with Gasteiger partial charge in [0, 0.05) is 29.7 Å². The van der Waals surface area contributed by atoms with E-state index < -0.39 is 0 Å². The summed E-state index contributed by atoms with van der Waals surface area (Å²) in [5.74, 6) is 2.76. The van der Waals surface area contributed by atoms with E-state index >= 15 is 0 Å². The molecule has 4 heteroatoms. The Kier molecular flexibility index (Phi) is 4.04. The maximum atomic E-state index is 6.16. The highest BCUT2D eigenvalue weighted by Crippen LogP contribution is 2.51. The molecule has 2 fully saturated rings. The van der Waals surface area contributed by atoms with Gasteiger partial charge in [-0.05, 0) is 48.5 Å². The molecule has 1 aliphatic heterocycles. The topological polar surface area (TPSA) is 15.3 Å². The first-order valence-corrected chi connectivity index (χ1v) is 7.81. The third-order valence-electron chi connectivity index (χ3n) is 4.60. The van der Waals surface area contributed by atoms with E-state index in [1.807, 2.05) is 18.2 Å². The lowest BCUT2D eigenvalue weighted by atomic mass is 10.2. The quantitative estimate of drug-likeness (QED) is 0.897. The predicted molar refractivity (Wildman–Crippen MR) is 80.8 cm³/mol. The van der Waals surface area contributed by atoms with Crippen LogP contribution in [0.4, 0.5) is 0 Å². The number of likely N-dealkylation sites (tertiary alicyclic amines) is 1. The molecule has 104 valence electrons. The summed E-state index contributed by atoms with van der Waals surface area (Å²) in [4.78, 5) is 2.56. The number of hydrogen-bond acceptors (Lipinski definition) is 2. The van der Waals surface area contributed by atoms with Crippen molar-refractivity contribution < 1.29 is 0 Å². The molecule has 0 spiro atoms. The van der Waals surface area contributed by atoms with Gasteiger partial charge < -0.3 is 10.2 Å². The molecule has 1 aliphatic carbocycles. The Morgan fingerprint density at radius 2 is 2.00 bits per heavy atom. The van der Waals surface area contributed by atoms with E-state index in [9.17, 15) is 0 Å². The lowest BCUT2D eigenvalue weighted by Gasteiger charge is -2.17. The molecule has 1 saturated heterocycles. The normalized spacial score (nSPS) is 29.5. The first-order valence-electron chi connectivity index (χ1n) is 7.06. The number of halogens is 2. The number of piperidine rings is 1. The lowest BCUT2D eigenvalue weighted by molar-refractivity contribution is 0.297. The monoisotopic (exact) mass is 298 g/mol. The lowest BCUT2D eigenvalue weighted by Crippen LogP contribution is -2.27. The minimum absolute atomic E-state index is 0.699. The van der Waals surface area contributed by atoms with Crippen molar-refractivity contribution in [1.82, 2.24) is 10.2 Å². The summed E-state index contributed by atoms with van der Waals surface area (Å²) in [5, 5.41) is 5.00. The van der Waals surface area contributed by atoms with Crippen LogP contribution in [-0.4, -0.2) is 31.1 Å². The van der Waals surface area contributed by atoms with E-state index in [4.69, 9.17) is 23.2 Å². The minimum atomic E-state index is 0.699. The van der Waals surface area contributed by atoms with Crippen LogP contribution in [0, 0.1) is 17.8 Å². The van der Waals surface area contributed by atoms with E-state index in [2.05, 4.69) is 17.1 Å². The Hall–Kier alpha value is -0.280. The van der Waals surface area contributed by atoms with Crippen LogP contribution in [0.15, 0.2) is 18.2 Å². The highest BCUT2D eigenvalue weighted by molar-refractivity contribution is 6.35. The van der Waals surface area contributed by atoms with Gasteiger partial charge in [-0.1, -0.05) is 36.2 Å². The van der Waals surface area contributed by atoms with Crippen LogP contribution >= 0.6 is 23.2 Å². The molecule has 2 aliphatic rings. The Bertz CT molecular complexity index is 451. The van der Waals surface area contributed by atoms with Crippen molar-refractivity contribution in [3.63, 3.8) is 0 Å². The number of rotatable bonds is 5. The minimum Gasteiger partial charge on any atom is -0.312 e. The van der Waals surface area contributed by atoms with Crippen molar-refractivity contribution >= 4 is 23.2 Å². The van der Waals surface area contributed by atoms with Crippen molar-refractivity contribution in [2.75, 3.05) is 26.2 Å². The van der Waals surface area contributed by atoms with Crippen LogP contribution in [0.1, 0.15) is 12.5 Å². The first kappa shape index (κ1) is 13.7. The molecule has 3 rings (SSSR count). The molecule has 0 amide bonds. The molecule has 2 unspecified atom stereocenters. The van der Waals surface area contributed by atoms with Gasteiger partial charge in [0.15, 0.2) is 0 Å². The number of hydrogen-bond donors (Lipinski definition) is 1. The summed E-state index contributed by atoms with van der Waals surface area (Å²) >= 11 is 12.1. The third-order valence-corrected chi connectivity index (χ3v) is 5.19. The Morgan fingerprint density at radius 1 is 1.26 bits per heavy atom. The molecular formula is C15H20Cl2N2. The number of nitrogens with zero attached hydrogens (tertiary/aromatic N) is 1. The Labute approximate surface area is 125 Å². The van der Waals surface area contributed by atoms with Crippen molar-refractivity contribution in [3.05, 3.63) is 33.8 Å². The van der Waals surface area contributed by atoms with Crippen LogP contribution in [0.3, 0.4) is 0 Å². The SMILES string of the molecule is CCN1CC2C(CNCc3ccc(Cl)cc3Cl)C2C1. The summed E-state index contributed by atoms with van der Waals surface area (Å²) in [6.07, 6.45) is 0. The van der Waals surface area contributed by atoms with Crippen molar-refractivity contribution in [2.45, 2.75) is 13.5 Å². The van der Waals surface area contributed by atoms with E-state index in [0.29, 0.717) is 5.02 Å². The van der Waals surface area contributed by atoms with Crippen LogP contribution in [0.2, 0.25) is 10.0 Å². The molecule has 1 saturated carbocycles. The van der Waals surface area contributed by atoms with Crippen LogP contribution in [-0.2, 0) is 6.54 Å². The van der Waals surface area contributed by atoms with E-state index in [1.54, 1.807) is 0 Å². The van der Waals surface area contributed by atoms with Gasteiger partial charge in [-0.3, -0.25) is 0 Å². The number of benzene rings is 1. The average molecular weight is 299 g/mol. The van der Waals surface area contributed by atoms with E-state index in [1.165, 1.54) is 19.6 Å². The second kappa shape index (κ2) is 5.61. The zero-order valence-corrected chi connectivity index (χ0v) is 12.7. The van der Waals surface area contributed by atoms with Crippen molar-refractivity contribution in [3.8, 4) is 0 Å². The van der Waals surface area contributed by atoms with Gasteiger partial charge in [0.25, 0.3) is 0 Å². The van der Waals surface area contributed by atoms with Crippen molar-refractivity contribution in [1.29, 1.82) is 0 Å². The van der Waals surface area contributed by atoms with Gasteiger partial charge in [0.2, 0.25) is 0 Å². The predicted octanol–water partition coefficient (Wildman–Crippen LogP) is 3.28. The fourth-order valence-electron chi connectivity index (χ4n) is 3.34. The van der Waals surface area contributed by atoms with Crippen LogP contribution < -0.4 is 5.32 Å².